The fraction of sp³-hybridized carbons (Fsp3) is 0.400. The van der Waals surface area contributed by atoms with Gasteiger partial charge in [-0.25, -0.2) is 4.79 Å². The van der Waals surface area contributed by atoms with E-state index in [1.54, 1.807) is 23.1 Å². The summed E-state index contributed by atoms with van der Waals surface area (Å²) in [6.07, 6.45) is 1.71. The van der Waals surface area contributed by atoms with Gasteiger partial charge in [0.15, 0.2) is 5.58 Å². The Morgan fingerprint density at radius 2 is 1.96 bits per heavy atom. The summed E-state index contributed by atoms with van der Waals surface area (Å²) >= 11 is 0. The van der Waals surface area contributed by atoms with Crippen molar-refractivity contribution in [3.63, 3.8) is 0 Å². The van der Waals surface area contributed by atoms with E-state index in [1.165, 1.54) is 4.57 Å². The molecule has 0 aliphatic carbocycles. The van der Waals surface area contributed by atoms with Crippen molar-refractivity contribution in [1.29, 1.82) is 0 Å². The maximum atomic E-state index is 12.7. The lowest BCUT2D eigenvalue weighted by Gasteiger charge is -2.31. The van der Waals surface area contributed by atoms with Crippen molar-refractivity contribution in [2.45, 2.75) is 26.3 Å². The minimum Gasteiger partial charge on any atom is -0.476 e. The highest BCUT2D eigenvalue weighted by atomic mass is 16.5. The predicted molar refractivity (Wildman–Crippen MR) is 102 cm³/mol. The van der Waals surface area contributed by atoms with E-state index < -0.39 is 5.76 Å². The third-order valence-electron chi connectivity index (χ3n) is 5.07. The van der Waals surface area contributed by atoms with Crippen molar-refractivity contribution in [1.82, 2.24) is 19.7 Å². The van der Waals surface area contributed by atoms with Gasteiger partial charge in [-0.05, 0) is 43.9 Å². The summed E-state index contributed by atoms with van der Waals surface area (Å²) in [5.41, 5.74) is 1.99. The Hall–Kier alpha value is -3.16. The second-order valence-electron chi connectivity index (χ2n) is 7.07. The summed E-state index contributed by atoms with van der Waals surface area (Å²) in [4.78, 5) is 26.5. The number of likely N-dealkylation sites (tertiary alicyclic amines) is 1. The van der Waals surface area contributed by atoms with Gasteiger partial charge in [0.25, 0.3) is 0 Å². The molecule has 1 aromatic carbocycles. The predicted octanol–water partition coefficient (Wildman–Crippen LogP) is 2.01. The summed E-state index contributed by atoms with van der Waals surface area (Å²) < 4.78 is 12.3. The molecule has 0 N–H and O–H groups in total. The van der Waals surface area contributed by atoms with Gasteiger partial charge < -0.3 is 14.1 Å². The highest BCUT2D eigenvalue weighted by Gasteiger charge is 2.24. The third-order valence-corrected chi connectivity index (χ3v) is 5.07. The first kappa shape index (κ1) is 18.2. The van der Waals surface area contributed by atoms with Gasteiger partial charge in [-0.1, -0.05) is 12.1 Å². The molecule has 0 saturated carbocycles. The number of hydrogen-bond acceptors (Lipinski definition) is 6. The molecule has 8 nitrogen and oxygen atoms in total. The van der Waals surface area contributed by atoms with Crippen molar-refractivity contribution in [2.75, 3.05) is 19.7 Å². The van der Waals surface area contributed by atoms with E-state index >= 15 is 0 Å². The highest BCUT2D eigenvalue weighted by Crippen LogP contribution is 2.19. The van der Waals surface area contributed by atoms with Gasteiger partial charge in [0.2, 0.25) is 11.8 Å². The number of amides is 1. The van der Waals surface area contributed by atoms with E-state index in [4.69, 9.17) is 9.15 Å². The van der Waals surface area contributed by atoms with E-state index in [0.717, 1.165) is 18.5 Å². The van der Waals surface area contributed by atoms with Crippen LogP contribution in [0.2, 0.25) is 0 Å². The Morgan fingerprint density at radius 3 is 2.71 bits per heavy atom. The Morgan fingerprint density at radius 1 is 1.18 bits per heavy atom. The van der Waals surface area contributed by atoms with E-state index in [0.29, 0.717) is 42.6 Å². The first-order chi connectivity index (χ1) is 13.6. The smallest absolute Gasteiger partial charge is 0.420 e. The second kappa shape index (κ2) is 7.84. The molecular formula is C20H22N4O4. The number of ether oxygens (including phenoxy) is 1. The molecule has 4 rings (SSSR count). The lowest BCUT2D eigenvalue weighted by atomic mass is 9.98. The summed E-state index contributed by atoms with van der Waals surface area (Å²) in [7, 11) is 0. The van der Waals surface area contributed by atoms with Gasteiger partial charge in [-0.3, -0.25) is 9.36 Å². The number of piperidine rings is 1. The summed E-state index contributed by atoms with van der Waals surface area (Å²) in [5, 5.41) is 7.98. The van der Waals surface area contributed by atoms with Crippen LogP contribution in [0.15, 0.2) is 45.6 Å². The summed E-state index contributed by atoms with van der Waals surface area (Å²) in [6, 6.07) is 10.8. The lowest BCUT2D eigenvalue weighted by Crippen LogP contribution is -2.42. The molecule has 1 aliphatic rings. The normalized spacial score (nSPS) is 15.1. The van der Waals surface area contributed by atoms with E-state index in [1.807, 2.05) is 25.1 Å². The number of carbonyl (C=O) groups is 1. The minimum atomic E-state index is -0.503. The number of aryl methyl sites for hydroxylation is 1. The number of fused-ring (bicyclic) bond motifs is 1. The number of rotatable bonds is 5. The van der Waals surface area contributed by atoms with Crippen molar-refractivity contribution >= 4 is 17.0 Å². The van der Waals surface area contributed by atoms with Crippen LogP contribution in [0.3, 0.4) is 0 Å². The van der Waals surface area contributed by atoms with Crippen LogP contribution >= 0.6 is 0 Å². The van der Waals surface area contributed by atoms with Crippen LogP contribution in [-0.2, 0) is 11.3 Å². The zero-order chi connectivity index (χ0) is 19.5. The SMILES string of the molecule is Cc1ccc(OCC2CCN(C(=O)Cn3c(=O)oc4ccccc43)CC2)nn1. The molecule has 1 fully saturated rings. The first-order valence-corrected chi connectivity index (χ1v) is 9.39. The molecule has 2 aromatic heterocycles. The van der Waals surface area contributed by atoms with Crippen LogP contribution in [0.5, 0.6) is 5.88 Å². The maximum Gasteiger partial charge on any atom is 0.420 e. The number of oxazole rings is 1. The molecule has 0 unspecified atom stereocenters. The van der Waals surface area contributed by atoms with Crippen LogP contribution in [0.4, 0.5) is 0 Å². The molecule has 1 saturated heterocycles. The molecule has 1 aliphatic heterocycles. The largest absolute Gasteiger partial charge is 0.476 e. The number of para-hydroxylation sites is 2. The van der Waals surface area contributed by atoms with E-state index in [2.05, 4.69) is 10.2 Å². The molecule has 8 heteroatoms. The Kier molecular flexibility index (Phi) is 5.10. The van der Waals surface area contributed by atoms with Gasteiger partial charge in [-0.2, -0.15) is 5.10 Å². The molecular weight excluding hydrogens is 360 g/mol. The van der Waals surface area contributed by atoms with Crippen LogP contribution in [0.1, 0.15) is 18.5 Å². The maximum absolute atomic E-state index is 12.7. The number of aromatic nitrogens is 3. The minimum absolute atomic E-state index is 0.00400. The monoisotopic (exact) mass is 382 g/mol. The van der Waals surface area contributed by atoms with Crippen molar-refractivity contribution in [2.24, 2.45) is 5.92 Å². The second-order valence-corrected chi connectivity index (χ2v) is 7.07. The van der Waals surface area contributed by atoms with Gasteiger partial charge in [-0.15, -0.1) is 5.10 Å². The number of hydrogen-bond donors (Lipinski definition) is 0. The average Bonchev–Trinajstić information content (AvgIpc) is 3.03. The number of benzene rings is 1. The van der Waals surface area contributed by atoms with Crippen LogP contribution in [-0.4, -0.2) is 45.3 Å². The Balaban J connectivity index is 1.31. The first-order valence-electron chi connectivity index (χ1n) is 9.39. The summed E-state index contributed by atoms with van der Waals surface area (Å²) in [5.74, 6) is 0.314. The topological polar surface area (TPSA) is 90.5 Å². The molecule has 0 spiro atoms. The zero-order valence-electron chi connectivity index (χ0n) is 15.7. The molecule has 3 aromatic rings. The Bertz CT molecular complexity index is 1020. The fourth-order valence-corrected chi connectivity index (χ4v) is 3.41. The lowest BCUT2D eigenvalue weighted by molar-refractivity contribution is -0.133. The number of nitrogens with zero attached hydrogens (tertiary/aromatic N) is 4. The van der Waals surface area contributed by atoms with Gasteiger partial charge >= 0.3 is 5.76 Å². The number of carbonyl (C=O) groups excluding carboxylic acids is 1. The van der Waals surface area contributed by atoms with Crippen molar-refractivity contribution < 1.29 is 13.9 Å². The van der Waals surface area contributed by atoms with Gasteiger partial charge in [0.05, 0.1) is 17.8 Å². The van der Waals surface area contributed by atoms with Crippen LogP contribution in [0, 0.1) is 12.8 Å². The highest BCUT2D eigenvalue weighted by molar-refractivity contribution is 5.79. The Labute approximate surface area is 161 Å². The fourth-order valence-electron chi connectivity index (χ4n) is 3.41. The van der Waals surface area contributed by atoms with Crippen LogP contribution < -0.4 is 10.5 Å². The standard InChI is InChI=1S/C20H22N4O4/c1-14-6-7-18(22-21-14)27-13-15-8-10-23(11-9-15)19(25)12-24-16-4-2-3-5-17(16)28-20(24)26/h2-7,15H,8-13H2,1H3. The summed E-state index contributed by atoms with van der Waals surface area (Å²) in [6.45, 7) is 3.74. The molecule has 0 atom stereocenters. The van der Waals surface area contributed by atoms with Gasteiger partial charge in [0.1, 0.15) is 6.54 Å². The van der Waals surface area contributed by atoms with Crippen molar-refractivity contribution in [3.8, 4) is 5.88 Å². The molecule has 0 bridgehead atoms. The van der Waals surface area contributed by atoms with Crippen LogP contribution in [0.25, 0.3) is 11.1 Å². The zero-order valence-corrected chi connectivity index (χ0v) is 15.7. The quantitative estimate of drug-likeness (QED) is 0.670. The van der Waals surface area contributed by atoms with Crippen molar-refractivity contribution in [3.05, 3.63) is 52.6 Å². The van der Waals surface area contributed by atoms with E-state index in [-0.39, 0.29) is 12.5 Å². The molecule has 1 amide bonds. The molecule has 146 valence electrons. The molecule has 3 heterocycles. The molecule has 28 heavy (non-hydrogen) atoms. The van der Waals surface area contributed by atoms with Gasteiger partial charge in [0, 0.05) is 19.2 Å². The third kappa shape index (κ3) is 3.90. The van der Waals surface area contributed by atoms with E-state index in [9.17, 15) is 9.59 Å². The average molecular weight is 382 g/mol. The molecule has 0 radical (unpaired) electrons.